The summed E-state index contributed by atoms with van der Waals surface area (Å²) in [4.78, 5) is 37.0. The van der Waals surface area contributed by atoms with Gasteiger partial charge in [-0.1, -0.05) is 0 Å². The summed E-state index contributed by atoms with van der Waals surface area (Å²) in [6.07, 6.45) is 14.8. The third-order valence-corrected chi connectivity index (χ3v) is 7.20. The fourth-order valence-corrected chi connectivity index (χ4v) is 5.32. The highest BCUT2D eigenvalue weighted by molar-refractivity contribution is 6.09. The quantitative estimate of drug-likeness (QED) is 0.430. The van der Waals surface area contributed by atoms with E-state index >= 15 is 0 Å². The summed E-state index contributed by atoms with van der Waals surface area (Å²) in [5, 5.41) is 14.3. The Morgan fingerprint density at radius 1 is 0.972 bits per heavy atom. The summed E-state index contributed by atoms with van der Waals surface area (Å²) in [6.45, 7) is 2.20. The first-order valence-electron chi connectivity index (χ1n) is 12.1. The highest BCUT2D eigenvalue weighted by Gasteiger charge is 2.39. The highest BCUT2D eigenvalue weighted by Crippen LogP contribution is 2.37. The van der Waals surface area contributed by atoms with Crippen LogP contribution in [-0.4, -0.2) is 64.7 Å². The number of aromatic nitrogens is 6. The molecule has 2 fully saturated rings. The highest BCUT2D eigenvalue weighted by atomic mass is 16.2. The van der Waals surface area contributed by atoms with E-state index in [9.17, 15) is 9.59 Å². The zero-order valence-electron chi connectivity index (χ0n) is 20.2. The fourth-order valence-electron chi connectivity index (χ4n) is 5.32. The van der Waals surface area contributed by atoms with E-state index in [1.54, 1.807) is 47.0 Å². The average molecular weight is 486 g/mol. The van der Waals surface area contributed by atoms with Crippen LogP contribution in [0.15, 0.2) is 43.2 Å². The molecule has 0 radical (unpaired) electrons. The van der Waals surface area contributed by atoms with Gasteiger partial charge in [0.05, 0.1) is 71.4 Å². The fraction of sp³-hybridized carbons (Fsp3) is 0.360. The molecule has 4 aromatic heterocycles. The monoisotopic (exact) mass is 485 g/mol. The van der Waals surface area contributed by atoms with Crippen molar-refractivity contribution in [2.75, 3.05) is 17.2 Å². The van der Waals surface area contributed by atoms with Gasteiger partial charge in [0.2, 0.25) is 5.91 Å². The maximum atomic E-state index is 13.1. The van der Waals surface area contributed by atoms with Crippen molar-refractivity contribution in [1.29, 1.82) is 0 Å². The second kappa shape index (κ2) is 8.83. The molecule has 2 N–H and O–H groups in total. The van der Waals surface area contributed by atoms with Crippen molar-refractivity contribution in [3.8, 4) is 11.3 Å². The third kappa shape index (κ3) is 4.11. The van der Waals surface area contributed by atoms with Crippen LogP contribution < -0.4 is 10.6 Å². The number of anilines is 2. The summed E-state index contributed by atoms with van der Waals surface area (Å²) in [7, 11) is 1.84. The summed E-state index contributed by atoms with van der Waals surface area (Å²) in [6, 6.07) is 2.81. The number of aryl methyl sites for hydroxylation is 2. The van der Waals surface area contributed by atoms with Crippen molar-refractivity contribution in [3.63, 3.8) is 0 Å². The van der Waals surface area contributed by atoms with Gasteiger partial charge in [0.1, 0.15) is 0 Å². The first kappa shape index (κ1) is 22.4. The minimum Gasteiger partial charge on any atom is -0.324 e. The Bertz CT molecular complexity index is 1450. The van der Waals surface area contributed by atoms with Crippen LogP contribution >= 0.6 is 0 Å². The smallest absolute Gasteiger partial charge is 0.259 e. The van der Waals surface area contributed by atoms with E-state index in [1.807, 2.05) is 13.2 Å². The van der Waals surface area contributed by atoms with E-state index in [0.717, 1.165) is 5.56 Å². The van der Waals surface area contributed by atoms with E-state index in [1.165, 1.54) is 31.9 Å². The lowest BCUT2D eigenvalue weighted by atomic mass is 10.0. The lowest BCUT2D eigenvalue weighted by molar-refractivity contribution is -0.117. The standard InChI is InChI=1S/C25H27N9O2/c1-15-21(7-17(9-26-15)30-24(35)14-33-18-3-4-19(33)6-5-18)31-25(36)20-10-29-34-13-22(27-11-23(20)34)16-8-28-32(2)12-16/h7-13,18-19H,3-6,14H2,1-2H3,(H,30,35)(H,31,36). The van der Waals surface area contributed by atoms with Crippen LogP contribution in [0.2, 0.25) is 0 Å². The number of nitrogens with one attached hydrogen (secondary N) is 2. The van der Waals surface area contributed by atoms with Crippen molar-refractivity contribution in [1.82, 2.24) is 34.3 Å². The Morgan fingerprint density at radius 2 is 1.75 bits per heavy atom. The van der Waals surface area contributed by atoms with Crippen molar-refractivity contribution >= 4 is 28.7 Å². The second-order valence-corrected chi connectivity index (χ2v) is 9.56. The van der Waals surface area contributed by atoms with Crippen molar-refractivity contribution < 1.29 is 9.59 Å². The molecule has 0 atom stereocenters. The molecule has 6 rings (SSSR count). The molecule has 0 aromatic carbocycles. The average Bonchev–Trinajstić information content (AvgIpc) is 3.65. The van der Waals surface area contributed by atoms with Crippen LogP contribution in [0.3, 0.4) is 0 Å². The molecular formula is C25H27N9O2. The number of carbonyl (C=O) groups is 2. The van der Waals surface area contributed by atoms with Crippen LogP contribution in [0.1, 0.15) is 41.7 Å². The third-order valence-electron chi connectivity index (χ3n) is 7.20. The molecule has 0 aliphatic carbocycles. The van der Waals surface area contributed by atoms with E-state index in [2.05, 4.69) is 35.7 Å². The second-order valence-electron chi connectivity index (χ2n) is 9.56. The van der Waals surface area contributed by atoms with E-state index in [4.69, 9.17) is 0 Å². The number of rotatable bonds is 6. The minimum absolute atomic E-state index is 0.0603. The van der Waals surface area contributed by atoms with Gasteiger partial charge in [-0.2, -0.15) is 10.2 Å². The molecule has 0 spiro atoms. The molecule has 2 aliphatic rings. The topological polar surface area (TPSA) is 122 Å². The number of pyridine rings is 1. The maximum absolute atomic E-state index is 13.1. The number of fused-ring (bicyclic) bond motifs is 3. The van der Waals surface area contributed by atoms with Gasteiger partial charge in [0.15, 0.2) is 0 Å². The first-order valence-corrected chi connectivity index (χ1v) is 12.1. The van der Waals surface area contributed by atoms with Gasteiger partial charge in [0.25, 0.3) is 5.91 Å². The summed E-state index contributed by atoms with van der Waals surface area (Å²) in [5.41, 5.74) is 4.25. The van der Waals surface area contributed by atoms with Gasteiger partial charge < -0.3 is 10.6 Å². The lowest BCUT2D eigenvalue weighted by Gasteiger charge is -2.20. The molecular weight excluding hydrogens is 458 g/mol. The van der Waals surface area contributed by atoms with Crippen molar-refractivity contribution in [3.05, 3.63) is 54.5 Å². The molecule has 0 unspecified atom stereocenters. The van der Waals surface area contributed by atoms with Gasteiger partial charge in [-0.25, -0.2) is 4.52 Å². The number of hydrogen-bond donors (Lipinski definition) is 2. The molecule has 0 saturated carbocycles. The lowest BCUT2D eigenvalue weighted by Crippen LogP contribution is -2.36. The van der Waals surface area contributed by atoms with Gasteiger partial charge in [0, 0.05) is 30.9 Å². The van der Waals surface area contributed by atoms with E-state index in [0.29, 0.717) is 52.5 Å². The predicted octanol–water partition coefficient (Wildman–Crippen LogP) is 2.65. The molecule has 4 aromatic rings. The molecule has 184 valence electrons. The largest absolute Gasteiger partial charge is 0.324 e. The Labute approximate surface area is 207 Å². The number of carbonyl (C=O) groups excluding carboxylic acids is 2. The number of hydrogen-bond acceptors (Lipinski definition) is 7. The molecule has 2 amide bonds. The Hall–Kier alpha value is -4.12. The summed E-state index contributed by atoms with van der Waals surface area (Å²) >= 11 is 0. The molecule has 11 nitrogen and oxygen atoms in total. The van der Waals surface area contributed by atoms with Crippen LogP contribution in [-0.2, 0) is 11.8 Å². The Balaban J connectivity index is 1.16. The Morgan fingerprint density at radius 3 is 2.47 bits per heavy atom. The van der Waals surface area contributed by atoms with Crippen LogP contribution in [0.5, 0.6) is 0 Å². The number of amides is 2. The van der Waals surface area contributed by atoms with Gasteiger partial charge in [-0.15, -0.1) is 0 Å². The molecule has 11 heteroatoms. The zero-order chi connectivity index (χ0) is 24.8. The first-order chi connectivity index (χ1) is 17.4. The van der Waals surface area contributed by atoms with E-state index in [-0.39, 0.29) is 11.8 Å². The zero-order valence-corrected chi connectivity index (χ0v) is 20.2. The van der Waals surface area contributed by atoms with Crippen molar-refractivity contribution in [2.45, 2.75) is 44.7 Å². The molecule has 36 heavy (non-hydrogen) atoms. The Kier molecular flexibility index (Phi) is 5.48. The SMILES string of the molecule is Cc1ncc(NC(=O)CN2C3CCC2CC3)cc1NC(=O)c1cnn2cc(-c3cnn(C)c3)ncc12. The molecule has 2 aliphatic heterocycles. The van der Waals surface area contributed by atoms with Crippen molar-refractivity contribution in [2.24, 2.45) is 7.05 Å². The maximum Gasteiger partial charge on any atom is 0.259 e. The van der Waals surface area contributed by atoms with Gasteiger partial charge >= 0.3 is 0 Å². The molecule has 2 saturated heterocycles. The normalized spacial score (nSPS) is 19.2. The van der Waals surface area contributed by atoms with Gasteiger partial charge in [-0.3, -0.25) is 29.1 Å². The van der Waals surface area contributed by atoms with E-state index < -0.39 is 0 Å². The van der Waals surface area contributed by atoms with Crippen LogP contribution in [0, 0.1) is 6.92 Å². The van der Waals surface area contributed by atoms with Gasteiger partial charge in [-0.05, 0) is 38.7 Å². The molecule has 6 heterocycles. The minimum atomic E-state index is -0.331. The number of nitrogens with zero attached hydrogens (tertiary/aromatic N) is 7. The summed E-state index contributed by atoms with van der Waals surface area (Å²) < 4.78 is 3.32. The molecule has 2 bridgehead atoms. The predicted molar refractivity (Wildman–Crippen MR) is 133 cm³/mol. The summed E-state index contributed by atoms with van der Waals surface area (Å²) in [5.74, 6) is -0.391. The van der Waals surface area contributed by atoms with Crippen LogP contribution in [0.4, 0.5) is 11.4 Å². The van der Waals surface area contributed by atoms with Crippen LogP contribution in [0.25, 0.3) is 16.8 Å².